The quantitative estimate of drug-likeness (QED) is 0.580. The van der Waals surface area contributed by atoms with E-state index in [1.54, 1.807) is 0 Å². The zero-order chi connectivity index (χ0) is 14.1. The summed E-state index contributed by atoms with van der Waals surface area (Å²) in [6, 6.07) is 10.00. The van der Waals surface area contributed by atoms with Gasteiger partial charge in [-0.1, -0.05) is 22.0 Å². The lowest BCUT2D eigenvalue weighted by atomic mass is 10.3. The molecule has 2 heterocycles. The van der Waals surface area contributed by atoms with E-state index < -0.39 is 0 Å². The van der Waals surface area contributed by atoms with Gasteiger partial charge in [0.15, 0.2) is 0 Å². The van der Waals surface area contributed by atoms with Crippen molar-refractivity contribution in [2.75, 3.05) is 5.32 Å². The van der Waals surface area contributed by atoms with Crippen LogP contribution >= 0.6 is 47.8 Å². The molecule has 3 nitrogen and oxygen atoms in total. The first-order chi connectivity index (χ1) is 9.63. The number of imidazole rings is 1. The van der Waals surface area contributed by atoms with Gasteiger partial charge in [-0.05, 0) is 56.1 Å². The number of nitrogens with zero attached hydrogens (tertiary/aromatic N) is 2. The summed E-state index contributed by atoms with van der Waals surface area (Å²) in [5.74, 6) is 0. The maximum absolute atomic E-state index is 4.57. The molecule has 0 saturated heterocycles. The van der Waals surface area contributed by atoms with Crippen molar-refractivity contribution in [3.63, 3.8) is 0 Å². The number of anilines is 1. The second-order valence-corrected chi connectivity index (χ2v) is 6.92. The molecule has 0 aliphatic heterocycles. The molecule has 0 bridgehead atoms. The van der Waals surface area contributed by atoms with Gasteiger partial charge in [0, 0.05) is 25.8 Å². The molecule has 102 valence electrons. The zero-order valence-corrected chi connectivity index (χ0v) is 15.0. The van der Waals surface area contributed by atoms with Gasteiger partial charge in [0.05, 0.1) is 17.9 Å². The number of halogens is 3. The van der Waals surface area contributed by atoms with Crippen molar-refractivity contribution in [3.8, 4) is 0 Å². The van der Waals surface area contributed by atoms with Crippen LogP contribution in [-0.4, -0.2) is 9.38 Å². The fourth-order valence-corrected chi connectivity index (χ4v) is 4.50. The summed E-state index contributed by atoms with van der Waals surface area (Å²) in [5.41, 5.74) is 2.97. The maximum atomic E-state index is 4.57. The minimum atomic E-state index is 0.667. The van der Waals surface area contributed by atoms with Crippen LogP contribution in [0.15, 0.2) is 56.1 Å². The van der Waals surface area contributed by atoms with E-state index >= 15 is 0 Å². The average molecular weight is 460 g/mol. The predicted octanol–water partition coefficient (Wildman–Crippen LogP) is 5.23. The van der Waals surface area contributed by atoms with Gasteiger partial charge in [0.1, 0.15) is 5.65 Å². The van der Waals surface area contributed by atoms with Crippen LogP contribution in [0.1, 0.15) is 5.69 Å². The molecule has 0 amide bonds. The summed E-state index contributed by atoms with van der Waals surface area (Å²) in [5, 5.41) is 3.40. The highest BCUT2D eigenvalue weighted by Gasteiger charge is 2.07. The van der Waals surface area contributed by atoms with Gasteiger partial charge in [-0.3, -0.25) is 0 Å². The first kappa shape index (κ1) is 14.1. The van der Waals surface area contributed by atoms with E-state index in [1.807, 2.05) is 47.1 Å². The smallest absolute Gasteiger partial charge is 0.137 e. The van der Waals surface area contributed by atoms with E-state index in [-0.39, 0.29) is 0 Å². The van der Waals surface area contributed by atoms with Crippen molar-refractivity contribution < 1.29 is 0 Å². The van der Waals surface area contributed by atoms with Crippen LogP contribution in [0.3, 0.4) is 0 Å². The Labute approximate surface area is 141 Å². The van der Waals surface area contributed by atoms with Crippen molar-refractivity contribution in [1.82, 2.24) is 9.38 Å². The van der Waals surface area contributed by atoms with Crippen molar-refractivity contribution >= 4 is 59.1 Å². The lowest BCUT2D eigenvalue weighted by Crippen LogP contribution is -2.01. The molecule has 0 spiro atoms. The molecule has 3 aromatic rings. The zero-order valence-electron chi connectivity index (χ0n) is 10.3. The summed E-state index contributed by atoms with van der Waals surface area (Å²) in [6.45, 7) is 0.667. The van der Waals surface area contributed by atoms with Crippen molar-refractivity contribution in [3.05, 3.63) is 61.8 Å². The van der Waals surface area contributed by atoms with E-state index in [9.17, 15) is 0 Å². The van der Waals surface area contributed by atoms with E-state index in [2.05, 4.69) is 58.1 Å². The number of fused-ring (bicyclic) bond motifs is 1. The molecule has 0 fully saturated rings. The first-order valence-corrected chi connectivity index (χ1v) is 8.32. The third-order valence-electron chi connectivity index (χ3n) is 2.87. The van der Waals surface area contributed by atoms with Gasteiger partial charge in [-0.2, -0.15) is 0 Å². The topological polar surface area (TPSA) is 29.3 Å². The number of pyridine rings is 1. The van der Waals surface area contributed by atoms with Gasteiger partial charge >= 0.3 is 0 Å². The van der Waals surface area contributed by atoms with Crippen LogP contribution in [-0.2, 0) is 6.54 Å². The lowest BCUT2D eigenvalue weighted by molar-refractivity contribution is 1.07. The predicted molar refractivity (Wildman–Crippen MR) is 92.1 cm³/mol. The number of aromatic nitrogens is 2. The molecule has 1 aromatic carbocycles. The molecule has 0 unspecified atom stereocenters. The molecule has 0 aliphatic carbocycles. The van der Waals surface area contributed by atoms with Crippen LogP contribution in [0.5, 0.6) is 0 Å². The second kappa shape index (κ2) is 5.87. The number of rotatable bonds is 3. The van der Waals surface area contributed by atoms with Crippen LogP contribution < -0.4 is 5.32 Å². The maximum Gasteiger partial charge on any atom is 0.137 e. The molecule has 6 heteroatoms. The largest absolute Gasteiger partial charge is 0.377 e. The fraction of sp³-hybridized carbons (Fsp3) is 0.0714. The molecule has 2 aromatic heterocycles. The Morgan fingerprint density at radius 1 is 1.10 bits per heavy atom. The summed E-state index contributed by atoms with van der Waals surface area (Å²) < 4.78 is 5.04. The number of nitrogens with one attached hydrogen (secondary N) is 1. The van der Waals surface area contributed by atoms with Crippen LogP contribution in [0, 0.1) is 0 Å². The molecular weight excluding hydrogens is 450 g/mol. The summed E-state index contributed by atoms with van der Waals surface area (Å²) >= 11 is 10.6. The van der Waals surface area contributed by atoms with Gasteiger partial charge < -0.3 is 9.72 Å². The second-order valence-electron chi connectivity index (χ2n) is 4.30. The van der Waals surface area contributed by atoms with Gasteiger partial charge in [-0.15, -0.1) is 0 Å². The average Bonchev–Trinajstić information content (AvgIpc) is 2.80. The highest BCUT2D eigenvalue weighted by Crippen LogP contribution is 2.34. The van der Waals surface area contributed by atoms with Gasteiger partial charge in [-0.25, -0.2) is 4.98 Å². The fourth-order valence-electron chi connectivity index (χ4n) is 1.96. The molecule has 0 saturated carbocycles. The Morgan fingerprint density at radius 2 is 1.85 bits per heavy atom. The Bertz CT molecular complexity index is 711. The van der Waals surface area contributed by atoms with E-state index in [1.165, 1.54) is 0 Å². The Balaban J connectivity index is 1.83. The molecule has 20 heavy (non-hydrogen) atoms. The third-order valence-corrected chi connectivity index (χ3v) is 4.58. The van der Waals surface area contributed by atoms with Crippen molar-refractivity contribution in [2.24, 2.45) is 0 Å². The third kappa shape index (κ3) is 2.92. The van der Waals surface area contributed by atoms with E-state index in [4.69, 9.17) is 0 Å². The van der Waals surface area contributed by atoms with Crippen LogP contribution in [0.2, 0.25) is 0 Å². The van der Waals surface area contributed by atoms with Gasteiger partial charge in [0.25, 0.3) is 0 Å². The van der Waals surface area contributed by atoms with Crippen LogP contribution in [0.4, 0.5) is 5.69 Å². The molecule has 0 atom stereocenters. The van der Waals surface area contributed by atoms with Crippen molar-refractivity contribution in [1.29, 1.82) is 0 Å². The number of hydrogen-bond donors (Lipinski definition) is 1. The Hall–Kier alpha value is -0.850. The van der Waals surface area contributed by atoms with Crippen LogP contribution in [0.25, 0.3) is 5.65 Å². The minimum Gasteiger partial charge on any atom is -0.377 e. The Kier molecular flexibility index (Phi) is 4.14. The summed E-state index contributed by atoms with van der Waals surface area (Å²) in [7, 11) is 0. The number of benzene rings is 1. The Morgan fingerprint density at radius 3 is 2.55 bits per heavy atom. The number of hydrogen-bond acceptors (Lipinski definition) is 2. The monoisotopic (exact) mass is 457 g/mol. The first-order valence-electron chi connectivity index (χ1n) is 5.94. The molecule has 1 N–H and O–H groups in total. The molecule has 0 radical (unpaired) electrons. The standard InChI is InChI=1S/C14H10Br3N3/c15-9-5-11(16)14(12(17)6-9)18-7-10-8-20-4-2-1-3-13(20)19-10/h1-6,8,18H,7H2. The SMILES string of the molecule is Brc1cc(Br)c(NCc2cn3ccccc3n2)c(Br)c1. The highest BCUT2D eigenvalue weighted by atomic mass is 79.9. The van der Waals surface area contributed by atoms with Crippen molar-refractivity contribution in [2.45, 2.75) is 6.54 Å². The molecule has 0 aliphatic rings. The van der Waals surface area contributed by atoms with E-state index in [0.29, 0.717) is 6.54 Å². The lowest BCUT2D eigenvalue weighted by Gasteiger charge is -2.10. The normalized spacial score (nSPS) is 10.9. The highest BCUT2D eigenvalue weighted by molar-refractivity contribution is 9.11. The molecule has 3 rings (SSSR count). The van der Waals surface area contributed by atoms with Gasteiger partial charge in [0.2, 0.25) is 0 Å². The molecular formula is C14H10Br3N3. The summed E-state index contributed by atoms with van der Waals surface area (Å²) in [6.07, 6.45) is 4.03. The summed E-state index contributed by atoms with van der Waals surface area (Å²) in [4.78, 5) is 4.57. The van der Waals surface area contributed by atoms with E-state index in [0.717, 1.165) is 30.4 Å². The minimum absolute atomic E-state index is 0.667.